The molecule has 1 aromatic heterocycles. The van der Waals surface area contributed by atoms with Gasteiger partial charge in [0, 0.05) is 19.3 Å². The average molecular weight is 363 g/mol. The molecule has 0 atom stereocenters. The summed E-state index contributed by atoms with van der Waals surface area (Å²) in [6.45, 7) is 11.7. The van der Waals surface area contributed by atoms with E-state index in [4.69, 9.17) is 14.3 Å². The van der Waals surface area contributed by atoms with E-state index in [0.717, 1.165) is 18.5 Å². The molecule has 0 unspecified atom stereocenters. The highest BCUT2D eigenvalue weighted by Gasteiger charge is 2.27. The number of piperidine rings is 1. The summed E-state index contributed by atoms with van der Waals surface area (Å²) in [5.74, 6) is 0. The largest absolute Gasteiger partial charge is 0.444 e. The highest BCUT2D eigenvalue weighted by atomic mass is 16.7. The van der Waals surface area contributed by atoms with Gasteiger partial charge in [0.1, 0.15) is 5.60 Å². The molecule has 1 aromatic rings. The van der Waals surface area contributed by atoms with Crippen LogP contribution in [0.2, 0.25) is 0 Å². The van der Waals surface area contributed by atoms with Gasteiger partial charge < -0.3 is 14.4 Å². The van der Waals surface area contributed by atoms with E-state index < -0.39 is 5.60 Å². The maximum absolute atomic E-state index is 12.0. The van der Waals surface area contributed by atoms with E-state index in [0.29, 0.717) is 32.0 Å². The molecule has 0 saturated carbocycles. The zero-order valence-corrected chi connectivity index (χ0v) is 15.9. The van der Waals surface area contributed by atoms with Crippen LogP contribution in [-0.2, 0) is 14.3 Å². The minimum absolute atomic E-state index is 0.135. The van der Waals surface area contributed by atoms with Crippen molar-refractivity contribution in [1.29, 1.82) is 0 Å². The fraction of sp³-hybridized carbons (Fsp3) is 0.579. The molecule has 0 spiro atoms. The zero-order chi connectivity index (χ0) is 19.0. The van der Waals surface area contributed by atoms with Crippen molar-refractivity contribution < 1.29 is 19.1 Å². The Kier molecular flexibility index (Phi) is 7.41. The molecule has 1 N–H and O–H groups in total. The Bertz CT molecular complexity index is 578. The van der Waals surface area contributed by atoms with Crippen LogP contribution >= 0.6 is 0 Å². The van der Waals surface area contributed by atoms with Crippen LogP contribution in [0.1, 0.15) is 39.3 Å². The molecule has 2 heterocycles. The molecule has 0 aromatic carbocycles. The molecule has 7 nitrogen and oxygen atoms in total. The molecule has 1 saturated heterocycles. The van der Waals surface area contributed by atoms with E-state index in [-0.39, 0.29) is 12.2 Å². The molecule has 7 heteroatoms. The van der Waals surface area contributed by atoms with Crippen molar-refractivity contribution in [3.8, 4) is 0 Å². The van der Waals surface area contributed by atoms with E-state index in [1.807, 2.05) is 39.0 Å². The third-order valence-corrected chi connectivity index (χ3v) is 3.80. The van der Waals surface area contributed by atoms with Crippen molar-refractivity contribution in [2.24, 2.45) is 0 Å². The summed E-state index contributed by atoms with van der Waals surface area (Å²) in [5, 5.41) is 0. The average Bonchev–Trinajstić information content (AvgIpc) is 2.61. The van der Waals surface area contributed by atoms with Crippen molar-refractivity contribution in [2.45, 2.75) is 45.3 Å². The minimum Gasteiger partial charge on any atom is -0.444 e. The molecule has 1 aliphatic heterocycles. The quantitative estimate of drug-likeness (QED) is 0.593. The molecule has 1 amide bonds. The molecule has 0 aliphatic carbocycles. The van der Waals surface area contributed by atoms with Crippen LogP contribution in [0.4, 0.5) is 4.79 Å². The number of aromatic nitrogens is 1. The summed E-state index contributed by atoms with van der Waals surface area (Å²) in [7, 11) is 0. The van der Waals surface area contributed by atoms with Gasteiger partial charge in [-0.25, -0.2) is 4.79 Å². The third kappa shape index (κ3) is 7.01. The first-order chi connectivity index (χ1) is 12.3. The normalized spacial score (nSPS) is 15.6. The van der Waals surface area contributed by atoms with Crippen molar-refractivity contribution in [1.82, 2.24) is 15.4 Å². The molecule has 144 valence electrons. The van der Waals surface area contributed by atoms with Crippen LogP contribution in [0.15, 0.2) is 31.0 Å². The Morgan fingerprint density at radius 3 is 2.65 bits per heavy atom. The lowest BCUT2D eigenvalue weighted by Crippen LogP contribution is -2.43. The fourth-order valence-corrected chi connectivity index (χ4v) is 2.52. The van der Waals surface area contributed by atoms with Crippen LogP contribution in [0.25, 0.3) is 5.70 Å². The maximum atomic E-state index is 12.0. The van der Waals surface area contributed by atoms with Gasteiger partial charge in [-0.05, 0) is 45.7 Å². The predicted octanol–water partition coefficient (Wildman–Crippen LogP) is 2.99. The highest BCUT2D eigenvalue weighted by Crippen LogP contribution is 2.17. The number of amides is 1. The number of rotatable bonds is 7. The number of nitrogens with zero attached hydrogens (tertiary/aromatic N) is 2. The summed E-state index contributed by atoms with van der Waals surface area (Å²) in [5.41, 5.74) is 3.66. The smallest absolute Gasteiger partial charge is 0.410 e. The second kappa shape index (κ2) is 9.54. The lowest BCUT2D eigenvalue weighted by atomic mass is 10.1. The lowest BCUT2D eigenvalue weighted by Gasteiger charge is -2.33. The second-order valence-electron chi connectivity index (χ2n) is 7.18. The first-order valence-electron chi connectivity index (χ1n) is 8.93. The zero-order valence-electron chi connectivity index (χ0n) is 15.9. The number of hydrogen-bond acceptors (Lipinski definition) is 6. The van der Waals surface area contributed by atoms with Gasteiger partial charge in [-0.3, -0.25) is 15.3 Å². The van der Waals surface area contributed by atoms with Gasteiger partial charge in [0.05, 0.1) is 30.7 Å². The van der Waals surface area contributed by atoms with Crippen molar-refractivity contribution in [2.75, 3.05) is 26.3 Å². The number of pyridine rings is 1. The molecule has 1 fully saturated rings. The number of carbonyl (C=O) groups is 1. The number of hydroxylamine groups is 1. The molecule has 26 heavy (non-hydrogen) atoms. The van der Waals surface area contributed by atoms with Crippen molar-refractivity contribution in [3.05, 3.63) is 36.7 Å². The number of nitrogens with one attached hydrogen (secondary N) is 1. The van der Waals surface area contributed by atoms with Gasteiger partial charge in [-0.2, -0.15) is 0 Å². The molecular weight excluding hydrogens is 334 g/mol. The Morgan fingerprint density at radius 2 is 2.04 bits per heavy atom. The summed E-state index contributed by atoms with van der Waals surface area (Å²) in [4.78, 5) is 23.3. The summed E-state index contributed by atoms with van der Waals surface area (Å²) < 4.78 is 11.2. The Labute approximate surface area is 155 Å². The van der Waals surface area contributed by atoms with E-state index in [1.165, 1.54) is 0 Å². The fourth-order valence-electron chi connectivity index (χ4n) is 2.52. The van der Waals surface area contributed by atoms with E-state index in [9.17, 15) is 4.79 Å². The molecule has 0 bridgehead atoms. The molecular formula is C19H29N3O4. The van der Waals surface area contributed by atoms with Gasteiger partial charge in [0.2, 0.25) is 0 Å². The van der Waals surface area contributed by atoms with Crippen molar-refractivity contribution in [3.63, 3.8) is 0 Å². The second-order valence-corrected chi connectivity index (χ2v) is 7.18. The monoisotopic (exact) mass is 363 g/mol. The van der Waals surface area contributed by atoms with Crippen molar-refractivity contribution >= 4 is 11.8 Å². The SMILES string of the molecule is C=C(NOCCOC1CCN(C(=O)OC(C)(C)C)CC1)c1ccccn1. The van der Waals surface area contributed by atoms with Crippen LogP contribution in [0, 0.1) is 0 Å². The standard InChI is InChI=1S/C19H29N3O4/c1-15(17-7-5-6-10-20-17)21-25-14-13-24-16-8-11-22(12-9-16)18(23)26-19(2,3)4/h5-7,10,16,21H,1,8-9,11-14H2,2-4H3. The summed E-state index contributed by atoms with van der Waals surface area (Å²) in [6.07, 6.45) is 3.18. The van der Waals surface area contributed by atoms with Crippen LogP contribution in [-0.4, -0.2) is 54.0 Å². The van der Waals surface area contributed by atoms with Gasteiger partial charge in [-0.15, -0.1) is 0 Å². The van der Waals surface area contributed by atoms with E-state index >= 15 is 0 Å². The molecule has 0 radical (unpaired) electrons. The Hall–Kier alpha value is -2.12. The van der Waals surface area contributed by atoms with Gasteiger partial charge >= 0.3 is 6.09 Å². The number of carbonyl (C=O) groups excluding carboxylic acids is 1. The Morgan fingerprint density at radius 1 is 1.31 bits per heavy atom. The van der Waals surface area contributed by atoms with Gasteiger partial charge in [0.25, 0.3) is 0 Å². The Balaban J connectivity index is 1.56. The lowest BCUT2D eigenvalue weighted by molar-refractivity contribution is -0.0389. The van der Waals surface area contributed by atoms with Gasteiger partial charge in [-0.1, -0.05) is 12.6 Å². The van der Waals surface area contributed by atoms with E-state index in [1.54, 1.807) is 11.1 Å². The van der Waals surface area contributed by atoms with Crippen LogP contribution < -0.4 is 5.48 Å². The minimum atomic E-state index is -0.464. The number of ether oxygens (including phenoxy) is 2. The summed E-state index contributed by atoms with van der Waals surface area (Å²) >= 11 is 0. The van der Waals surface area contributed by atoms with Gasteiger partial charge in [0.15, 0.2) is 0 Å². The first-order valence-corrected chi connectivity index (χ1v) is 8.93. The van der Waals surface area contributed by atoms with Crippen LogP contribution in [0.3, 0.4) is 0 Å². The molecule has 2 rings (SSSR count). The highest BCUT2D eigenvalue weighted by molar-refractivity contribution is 5.68. The maximum Gasteiger partial charge on any atom is 0.410 e. The molecule has 1 aliphatic rings. The third-order valence-electron chi connectivity index (χ3n) is 3.80. The predicted molar refractivity (Wildman–Crippen MR) is 99.1 cm³/mol. The van der Waals surface area contributed by atoms with E-state index in [2.05, 4.69) is 17.0 Å². The van der Waals surface area contributed by atoms with Crippen LogP contribution in [0.5, 0.6) is 0 Å². The first kappa shape index (κ1) is 20.2. The summed E-state index contributed by atoms with van der Waals surface area (Å²) in [6, 6.07) is 5.59. The topological polar surface area (TPSA) is 72.9 Å². The number of likely N-dealkylation sites (tertiary alicyclic amines) is 1. The number of hydrogen-bond donors (Lipinski definition) is 1.